The second-order valence-electron chi connectivity index (χ2n) is 17.3. The van der Waals surface area contributed by atoms with Gasteiger partial charge in [-0.2, -0.15) is 0 Å². The molecule has 3 saturated heterocycles. The molecule has 2 spiro atoms. The summed E-state index contributed by atoms with van der Waals surface area (Å²) in [6.45, 7) is 10.5. The van der Waals surface area contributed by atoms with E-state index < -0.39 is 16.6 Å². The number of rotatable bonds is 7. The molecule has 53 heavy (non-hydrogen) atoms. The molecular formula is C41H47FN8O3. The van der Waals surface area contributed by atoms with Crippen LogP contribution < -0.4 is 10.2 Å². The minimum atomic E-state index is -0.669. The first-order valence-electron chi connectivity index (χ1n) is 19.4. The summed E-state index contributed by atoms with van der Waals surface area (Å²) in [5.41, 5.74) is 4.83. The van der Waals surface area contributed by atoms with E-state index in [1.807, 2.05) is 22.5 Å². The van der Waals surface area contributed by atoms with Gasteiger partial charge in [-0.05, 0) is 101 Å². The van der Waals surface area contributed by atoms with Crippen molar-refractivity contribution in [1.29, 1.82) is 0 Å². The van der Waals surface area contributed by atoms with E-state index in [0.717, 1.165) is 40.7 Å². The first-order valence-corrected chi connectivity index (χ1v) is 19.4. The molecule has 2 saturated carbocycles. The highest BCUT2D eigenvalue weighted by Crippen LogP contribution is 2.56. The molecule has 0 unspecified atom stereocenters. The molecule has 2 aliphatic carbocycles. The van der Waals surface area contributed by atoms with Crippen molar-refractivity contribution < 1.29 is 18.7 Å². The third kappa shape index (κ3) is 5.15. The fourth-order valence-electron chi connectivity index (χ4n) is 9.83. The summed E-state index contributed by atoms with van der Waals surface area (Å²) in [7, 11) is 0. The fourth-order valence-corrected chi connectivity index (χ4v) is 9.83. The number of fused-ring (bicyclic) bond motifs is 3. The summed E-state index contributed by atoms with van der Waals surface area (Å²) < 4.78 is 22.3. The van der Waals surface area contributed by atoms with Gasteiger partial charge >= 0.3 is 0 Å². The normalized spacial score (nSPS) is 25.3. The van der Waals surface area contributed by atoms with Crippen molar-refractivity contribution in [2.45, 2.75) is 89.3 Å². The molecule has 10 rings (SSSR count). The molecular weight excluding hydrogens is 672 g/mol. The lowest BCUT2D eigenvalue weighted by molar-refractivity contribution is -0.170. The van der Waals surface area contributed by atoms with Crippen LogP contribution in [0.25, 0.3) is 22.3 Å². The number of hydrogen-bond acceptors (Lipinski definition) is 8. The molecule has 12 heteroatoms. The zero-order valence-electron chi connectivity index (χ0n) is 30.8. The molecule has 4 aliphatic heterocycles. The van der Waals surface area contributed by atoms with Crippen LogP contribution in [0.15, 0.2) is 49.1 Å². The molecule has 3 aromatic heterocycles. The molecule has 5 fully saturated rings. The van der Waals surface area contributed by atoms with Crippen LogP contribution in [0.3, 0.4) is 0 Å². The summed E-state index contributed by atoms with van der Waals surface area (Å²) >= 11 is 0. The zero-order valence-corrected chi connectivity index (χ0v) is 30.8. The molecule has 1 N–H and O–H groups in total. The summed E-state index contributed by atoms with van der Waals surface area (Å²) in [5, 5.41) is 3.24. The summed E-state index contributed by atoms with van der Waals surface area (Å²) in [5.74, 6) is 0.341. The van der Waals surface area contributed by atoms with Gasteiger partial charge in [0.1, 0.15) is 5.52 Å². The van der Waals surface area contributed by atoms with Crippen molar-refractivity contribution >= 4 is 40.0 Å². The van der Waals surface area contributed by atoms with Crippen LogP contribution in [0.1, 0.15) is 77.3 Å². The molecule has 7 heterocycles. The van der Waals surface area contributed by atoms with E-state index in [1.54, 1.807) is 18.6 Å². The van der Waals surface area contributed by atoms with Gasteiger partial charge in [-0.25, -0.2) is 14.4 Å². The molecule has 0 radical (unpaired) electrons. The summed E-state index contributed by atoms with van der Waals surface area (Å²) in [6, 6.07) is 10.7. The largest absolute Gasteiger partial charge is 0.379 e. The average molecular weight is 719 g/mol. The minimum Gasteiger partial charge on any atom is -0.379 e. The van der Waals surface area contributed by atoms with Gasteiger partial charge in [-0.15, -0.1) is 0 Å². The topological polar surface area (TPSA) is 109 Å². The Morgan fingerprint density at radius 2 is 1.81 bits per heavy atom. The highest BCUT2D eigenvalue weighted by Gasteiger charge is 2.58. The van der Waals surface area contributed by atoms with Crippen LogP contribution in [0.2, 0.25) is 0 Å². The standard InChI is InChI=1S/C41H47FN8O3/c1-25(2)49-24-44-33-19-32(46-36(35(33)49)45-31-6-12-43-20-30(31)42)26-4-5-29-34(16-26)50(28-17-27(18-28)48-13-9-40(21-48)7-8-40)38(52)41(29)10-14-47(15-11-41)37(51)39(3)22-53-23-39/h4-6,12,16,19-20,24-25,27-28H,7-11,13-15,17-18,21-23H2,1-3H3,(H,43,45,46). The molecule has 0 atom stereocenters. The quantitative estimate of drug-likeness (QED) is 0.240. The number of amides is 2. The van der Waals surface area contributed by atoms with Crippen LogP contribution in [0.5, 0.6) is 0 Å². The smallest absolute Gasteiger partial charge is 0.238 e. The second-order valence-corrected chi connectivity index (χ2v) is 17.3. The van der Waals surface area contributed by atoms with Gasteiger partial charge in [0.2, 0.25) is 11.8 Å². The average Bonchev–Trinajstić information content (AvgIpc) is 3.44. The maximum absolute atomic E-state index is 14.9. The Kier molecular flexibility index (Phi) is 7.38. The van der Waals surface area contributed by atoms with Crippen molar-refractivity contribution in [3.63, 3.8) is 0 Å². The molecule has 11 nitrogen and oxygen atoms in total. The highest BCUT2D eigenvalue weighted by atomic mass is 19.1. The SMILES string of the molecule is CC(C)n1cnc2cc(-c3ccc4c(c3)N(C3CC(N5CCC6(CC6)C5)C3)C(=O)C43CCN(C(=O)C4(C)COC4)CC3)nc(Nc3ccncc3F)c21. The Hall–Kier alpha value is -4.42. The van der Waals surface area contributed by atoms with E-state index in [4.69, 9.17) is 14.7 Å². The van der Waals surface area contributed by atoms with Gasteiger partial charge in [-0.3, -0.25) is 19.5 Å². The Bertz CT molecular complexity index is 2140. The number of nitrogens with zero attached hydrogens (tertiary/aromatic N) is 7. The molecule has 1 aromatic carbocycles. The second kappa shape index (κ2) is 11.8. The number of nitrogens with one attached hydrogen (secondary N) is 1. The molecule has 2 amide bonds. The van der Waals surface area contributed by atoms with E-state index >= 15 is 0 Å². The number of anilines is 3. The van der Waals surface area contributed by atoms with Crippen LogP contribution in [0.4, 0.5) is 21.6 Å². The summed E-state index contributed by atoms with van der Waals surface area (Å²) in [4.78, 5) is 48.9. The number of imidazole rings is 1. The lowest BCUT2D eigenvalue weighted by Crippen LogP contribution is -2.59. The van der Waals surface area contributed by atoms with Gasteiger partial charge in [0, 0.05) is 55.2 Å². The first-order chi connectivity index (χ1) is 25.6. The number of carbonyl (C=O) groups excluding carboxylic acids is 2. The Morgan fingerprint density at radius 3 is 2.49 bits per heavy atom. The Balaban J connectivity index is 1.01. The van der Waals surface area contributed by atoms with E-state index in [9.17, 15) is 14.0 Å². The monoisotopic (exact) mass is 718 g/mol. The van der Waals surface area contributed by atoms with Gasteiger partial charge in [0.25, 0.3) is 0 Å². The number of piperidine rings is 1. The highest BCUT2D eigenvalue weighted by molar-refractivity contribution is 6.09. The Morgan fingerprint density at radius 1 is 1.02 bits per heavy atom. The summed E-state index contributed by atoms with van der Waals surface area (Å²) in [6.07, 6.45) is 11.7. The van der Waals surface area contributed by atoms with Crippen LogP contribution >= 0.6 is 0 Å². The van der Waals surface area contributed by atoms with E-state index in [1.165, 1.54) is 38.5 Å². The predicted octanol–water partition coefficient (Wildman–Crippen LogP) is 6.22. The van der Waals surface area contributed by atoms with Crippen molar-refractivity contribution in [3.05, 3.63) is 60.4 Å². The van der Waals surface area contributed by atoms with E-state index in [0.29, 0.717) is 62.1 Å². The fraction of sp³-hybridized carbons (Fsp3) is 0.537. The zero-order chi connectivity index (χ0) is 36.3. The van der Waals surface area contributed by atoms with Crippen LogP contribution in [-0.4, -0.2) is 92.6 Å². The van der Waals surface area contributed by atoms with Gasteiger partial charge in [-0.1, -0.05) is 12.1 Å². The van der Waals surface area contributed by atoms with Crippen molar-refractivity contribution in [2.24, 2.45) is 10.8 Å². The number of carbonyl (C=O) groups is 2. The number of benzene rings is 1. The van der Waals surface area contributed by atoms with Crippen molar-refractivity contribution in [1.82, 2.24) is 29.3 Å². The number of pyridine rings is 2. The number of halogens is 1. The molecule has 4 aromatic rings. The lowest BCUT2D eigenvalue weighted by atomic mass is 9.72. The van der Waals surface area contributed by atoms with Crippen LogP contribution in [-0.2, 0) is 19.7 Å². The van der Waals surface area contributed by atoms with Gasteiger partial charge < -0.3 is 24.4 Å². The van der Waals surface area contributed by atoms with Crippen LogP contribution in [0, 0.1) is 16.6 Å². The number of likely N-dealkylation sites (tertiary alicyclic amines) is 2. The van der Waals surface area contributed by atoms with Gasteiger partial charge in [0.05, 0.1) is 53.5 Å². The van der Waals surface area contributed by atoms with E-state index in [-0.39, 0.29) is 29.6 Å². The molecule has 276 valence electrons. The number of aromatic nitrogens is 4. The maximum Gasteiger partial charge on any atom is 0.238 e. The maximum atomic E-state index is 14.9. The third-order valence-electron chi connectivity index (χ3n) is 13.5. The van der Waals surface area contributed by atoms with Crippen molar-refractivity contribution in [2.75, 3.05) is 49.6 Å². The lowest BCUT2D eigenvalue weighted by Gasteiger charge is -2.47. The minimum absolute atomic E-state index is 0.111. The van der Waals surface area contributed by atoms with E-state index in [2.05, 4.69) is 52.1 Å². The third-order valence-corrected chi connectivity index (χ3v) is 13.5. The first kappa shape index (κ1) is 33.2. The molecule has 6 aliphatic rings. The Labute approximate surface area is 308 Å². The van der Waals surface area contributed by atoms with Gasteiger partial charge in [0.15, 0.2) is 11.6 Å². The predicted molar refractivity (Wildman–Crippen MR) is 199 cm³/mol. The number of hydrogen-bond donors (Lipinski definition) is 1. The van der Waals surface area contributed by atoms with Crippen molar-refractivity contribution in [3.8, 4) is 11.3 Å². The molecule has 0 bridgehead atoms. The number of ether oxygens (including phenoxy) is 1.